The molecule has 0 spiro atoms. The Bertz CT molecular complexity index is 923. The Balaban J connectivity index is 2.23. The normalized spacial score (nSPS) is 11.1. The van der Waals surface area contributed by atoms with E-state index >= 15 is 0 Å². The Morgan fingerprint density at radius 1 is 0.857 bits per heavy atom. The molecule has 0 atom stereocenters. The van der Waals surface area contributed by atoms with Crippen LogP contribution in [0.25, 0.3) is 0 Å². The van der Waals surface area contributed by atoms with Crippen LogP contribution in [0.1, 0.15) is 26.3 Å². The molecule has 2 aromatic carbocycles. The van der Waals surface area contributed by atoms with Crippen LogP contribution in [0.4, 0.5) is 11.4 Å². The minimum absolute atomic E-state index is 0.265. The number of azo groups is 1. The summed E-state index contributed by atoms with van der Waals surface area (Å²) in [5, 5.41) is 8.43. The van der Waals surface area contributed by atoms with E-state index in [-0.39, 0.29) is 5.41 Å². The smallest absolute Gasteiger partial charge is 0.335 e. The molecule has 0 aliphatic rings. The zero-order chi connectivity index (χ0) is 20.7. The van der Waals surface area contributed by atoms with Crippen LogP contribution in [-0.4, -0.2) is 11.9 Å². The fourth-order valence-electron chi connectivity index (χ4n) is 2.26. The number of benzene rings is 2. The molecular weight excluding hydrogens is 356 g/mol. The summed E-state index contributed by atoms with van der Waals surface area (Å²) in [6.07, 6.45) is 2.21. The highest BCUT2D eigenvalue weighted by Crippen LogP contribution is 2.35. The van der Waals surface area contributed by atoms with Crippen molar-refractivity contribution in [2.75, 3.05) is 0 Å². The highest BCUT2D eigenvalue weighted by molar-refractivity contribution is 5.84. The monoisotopic (exact) mass is 378 g/mol. The summed E-state index contributed by atoms with van der Waals surface area (Å²) in [7, 11) is 0. The highest BCUT2D eigenvalue weighted by Gasteiger charge is 2.20. The van der Waals surface area contributed by atoms with E-state index in [0.29, 0.717) is 22.9 Å². The Morgan fingerprint density at radius 3 is 1.96 bits per heavy atom. The molecule has 0 saturated heterocycles. The van der Waals surface area contributed by atoms with E-state index in [1.165, 1.54) is 0 Å². The Morgan fingerprint density at radius 2 is 1.39 bits per heavy atom. The molecule has 0 aromatic heterocycles. The molecule has 144 valence electrons. The molecule has 6 nitrogen and oxygen atoms in total. The second kappa shape index (κ2) is 8.90. The summed E-state index contributed by atoms with van der Waals surface area (Å²) < 4.78 is 10.3. The molecule has 0 aliphatic heterocycles. The number of hydrogen-bond donors (Lipinski definition) is 0. The third-order valence-electron chi connectivity index (χ3n) is 3.65. The molecule has 0 unspecified atom stereocenters. The number of esters is 2. The predicted molar refractivity (Wildman–Crippen MR) is 107 cm³/mol. The van der Waals surface area contributed by atoms with Crippen LogP contribution in [0.5, 0.6) is 11.5 Å². The first-order valence-electron chi connectivity index (χ1n) is 8.58. The molecule has 0 radical (unpaired) electrons. The van der Waals surface area contributed by atoms with Crippen molar-refractivity contribution in [2.24, 2.45) is 10.2 Å². The van der Waals surface area contributed by atoms with Gasteiger partial charge in [0.15, 0.2) is 0 Å². The summed E-state index contributed by atoms with van der Waals surface area (Å²) in [6, 6.07) is 11.8. The van der Waals surface area contributed by atoms with Crippen molar-refractivity contribution in [3.63, 3.8) is 0 Å². The lowest BCUT2D eigenvalue weighted by Gasteiger charge is -2.22. The first-order chi connectivity index (χ1) is 13.2. The molecule has 0 saturated carbocycles. The maximum absolute atomic E-state index is 11.6. The van der Waals surface area contributed by atoms with Gasteiger partial charge in [-0.3, -0.25) is 0 Å². The number of hydrogen-bond acceptors (Lipinski definition) is 6. The third-order valence-corrected chi connectivity index (χ3v) is 3.65. The largest absolute Gasteiger partial charge is 0.423 e. The fraction of sp³-hybridized carbons (Fsp3) is 0.182. The summed E-state index contributed by atoms with van der Waals surface area (Å²) in [4.78, 5) is 22.7. The number of rotatable bonds is 6. The van der Waals surface area contributed by atoms with Crippen molar-refractivity contribution in [2.45, 2.75) is 26.2 Å². The molecule has 6 heteroatoms. The molecule has 0 heterocycles. The molecule has 2 aromatic rings. The van der Waals surface area contributed by atoms with E-state index in [4.69, 9.17) is 9.47 Å². The van der Waals surface area contributed by atoms with Gasteiger partial charge in [0.1, 0.15) is 11.5 Å². The van der Waals surface area contributed by atoms with Crippen molar-refractivity contribution in [3.05, 3.63) is 73.3 Å². The fourth-order valence-corrected chi connectivity index (χ4v) is 2.26. The Hall–Kier alpha value is -3.54. The zero-order valence-corrected chi connectivity index (χ0v) is 16.1. The molecular formula is C22H22N2O4. The highest BCUT2D eigenvalue weighted by atomic mass is 16.5. The predicted octanol–water partition coefficient (Wildman–Crippen LogP) is 5.58. The van der Waals surface area contributed by atoms with E-state index in [1.807, 2.05) is 26.8 Å². The lowest BCUT2D eigenvalue weighted by atomic mass is 9.86. The van der Waals surface area contributed by atoms with Gasteiger partial charge in [0.2, 0.25) is 0 Å². The second-order valence-corrected chi connectivity index (χ2v) is 6.87. The van der Waals surface area contributed by atoms with Gasteiger partial charge < -0.3 is 9.47 Å². The standard InChI is InChI=1S/C22H22N2O4/c1-6-20(25)27-17-11-8-15(9-12-17)23-24-16-10-13-19(28-21(26)7-2)18(14-16)22(3,4)5/h6-14H,1-2H2,3-5H3. The average molecular weight is 378 g/mol. The van der Waals surface area contributed by atoms with Crippen LogP contribution >= 0.6 is 0 Å². The Labute approximate surface area is 164 Å². The lowest BCUT2D eigenvalue weighted by Crippen LogP contribution is -2.15. The summed E-state index contributed by atoms with van der Waals surface area (Å²) in [5.41, 5.74) is 1.77. The van der Waals surface area contributed by atoms with Gasteiger partial charge in [-0.1, -0.05) is 33.9 Å². The van der Waals surface area contributed by atoms with Crippen LogP contribution in [0.3, 0.4) is 0 Å². The molecule has 28 heavy (non-hydrogen) atoms. The molecule has 2 rings (SSSR count). The van der Waals surface area contributed by atoms with E-state index < -0.39 is 11.9 Å². The first-order valence-corrected chi connectivity index (χ1v) is 8.58. The van der Waals surface area contributed by atoms with Crippen LogP contribution < -0.4 is 9.47 Å². The lowest BCUT2D eigenvalue weighted by molar-refractivity contribution is -0.129. The van der Waals surface area contributed by atoms with Gasteiger partial charge in [-0.25, -0.2) is 9.59 Å². The molecule has 0 amide bonds. The SMILES string of the molecule is C=CC(=O)Oc1ccc(N=Nc2ccc(OC(=O)C=C)c(C(C)(C)C)c2)cc1. The minimum atomic E-state index is -0.527. The van der Waals surface area contributed by atoms with Gasteiger partial charge in [-0.15, -0.1) is 0 Å². The van der Waals surface area contributed by atoms with Gasteiger partial charge in [-0.2, -0.15) is 10.2 Å². The summed E-state index contributed by atoms with van der Waals surface area (Å²) in [6.45, 7) is 12.8. The second-order valence-electron chi connectivity index (χ2n) is 6.87. The molecule has 0 bridgehead atoms. The van der Waals surface area contributed by atoms with Crippen molar-refractivity contribution in [1.29, 1.82) is 0 Å². The Kier molecular flexibility index (Phi) is 6.60. The number of carbonyl (C=O) groups is 2. The molecule has 0 aliphatic carbocycles. The average Bonchev–Trinajstić information content (AvgIpc) is 2.67. The first kappa shape index (κ1) is 20.8. The van der Waals surface area contributed by atoms with Crippen LogP contribution in [0.15, 0.2) is 78.0 Å². The van der Waals surface area contributed by atoms with Gasteiger partial charge in [0.05, 0.1) is 11.4 Å². The number of ether oxygens (including phenoxy) is 2. The topological polar surface area (TPSA) is 77.3 Å². The van der Waals surface area contributed by atoms with Crippen molar-refractivity contribution >= 4 is 23.3 Å². The van der Waals surface area contributed by atoms with E-state index in [1.54, 1.807) is 36.4 Å². The summed E-state index contributed by atoms with van der Waals surface area (Å²) >= 11 is 0. The van der Waals surface area contributed by atoms with Crippen molar-refractivity contribution in [3.8, 4) is 11.5 Å². The third kappa shape index (κ3) is 5.74. The molecule has 0 N–H and O–H groups in total. The van der Waals surface area contributed by atoms with Gasteiger partial charge in [0, 0.05) is 17.7 Å². The van der Waals surface area contributed by atoms with Gasteiger partial charge in [-0.05, 0) is 47.9 Å². The summed E-state index contributed by atoms with van der Waals surface area (Å²) in [5.74, 6) is -0.185. The maximum Gasteiger partial charge on any atom is 0.335 e. The quantitative estimate of drug-likeness (QED) is 0.284. The number of nitrogens with zero attached hydrogens (tertiary/aromatic N) is 2. The van der Waals surface area contributed by atoms with Crippen LogP contribution in [-0.2, 0) is 15.0 Å². The van der Waals surface area contributed by atoms with Crippen LogP contribution in [0.2, 0.25) is 0 Å². The maximum atomic E-state index is 11.6. The van der Waals surface area contributed by atoms with E-state index in [2.05, 4.69) is 23.4 Å². The van der Waals surface area contributed by atoms with Crippen LogP contribution in [0, 0.1) is 0 Å². The van der Waals surface area contributed by atoms with E-state index in [0.717, 1.165) is 17.7 Å². The van der Waals surface area contributed by atoms with Crippen molar-refractivity contribution in [1.82, 2.24) is 0 Å². The molecule has 0 fully saturated rings. The van der Waals surface area contributed by atoms with Gasteiger partial charge >= 0.3 is 11.9 Å². The zero-order valence-electron chi connectivity index (χ0n) is 16.1. The van der Waals surface area contributed by atoms with E-state index in [9.17, 15) is 9.59 Å². The minimum Gasteiger partial charge on any atom is -0.423 e. The van der Waals surface area contributed by atoms with Crippen molar-refractivity contribution < 1.29 is 19.1 Å². The van der Waals surface area contributed by atoms with Gasteiger partial charge in [0.25, 0.3) is 0 Å². The number of carbonyl (C=O) groups excluding carboxylic acids is 2.